The number of furan rings is 1. The summed E-state index contributed by atoms with van der Waals surface area (Å²) in [6.45, 7) is 1.72. The molecule has 1 unspecified atom stereocenters. The Hall–Kier alpha value is -1.38. The van der Waals surface area contributed by atoms with E-state index in [0.29, 0.717) is 32.6 Å². The molecule has 1 aliphatic heterocycles. The van der Waals surface area contributed by atoms with Gasteiger partial charge in [0, 0.05) is 19.2 Å². The molecule has 0 aromatic carbocycles. The summed E-state index contributed by atoms with van der Waals surface area (Å²) < 4.78 is 33.4. The first kappa shape index (κ1) is 18.0. The molecule has 1 fully saturated rings. The van der Waals surface area contributed by atoms with Gasteiger partial charge in [-0.15, -0.1) is 0 Å². The average Bonchev–Trinajstić information content (AvgIpc) is 3.11. The lowest BCUT2D eigenvalue weighted by Gasteiger charge is -2.22. The highest BCUT2D eigenvalue weighted by molar-refractivity contribution is 7.91. The van der Waals surface area contributed by atoms with Crippen molar-refractivity contribution in [2.45, 2.75) is 25.5 Å². The van der Waals surface area contributed by atoms with Crippen LogP contribution < -0.4 is 5.32 Å². The van der Waals surface area contributed by atoms with Crippen molar-refractivity contribution in [1.82, 2.24) is 10.2 Å². The SMILES string of the molecule is CN(CC(=O)NCCCOCc1ccco1)C1CCS(=O)(=O)C1. The van der Waals surface area contributed by atoms with Gasteiger partial charge in [-0.1, -0.05) is 0 Å². The zero-order valence-corrected chi connectivity index (χ0v) is 14.2. The molecule has 1 atom stereocenters. The molecule has 0 bridgehead atoms. The summed E-state index contributed by atoms with van der Waals surface area (Å²) in [5, 5.41) is 2.82. The van der Waals surface area contributed by atoms with Crippen LogP contribution in [0.3, 0.4) is 0 Å². The summed E-state index contributed by atoms with van der Waals surface area (Å²) in [5.74, 6) is 1.05. The Morgan fingerprint density at radius 3 is 3.00 bits per heavy atom. The van der Waals surface area contributed by atoms with E-state index in [9.17, 15) is 13.2 Å². The van der Waals surface area contributed by atoms with Crippen LogP contribution in [0.4, 0.5) is 0 Å². The minimum Gasteiger partial charge on any atom is -0.467 e. The summed E-state index contributed by atoms with van der Waals surface area (Å²) >= 11 is 0. The number of rotatable bonds is 9. The topological polar surface area (TPSA) is 88.8 Å². The predicted octanol–water partition coefficient (Wildman–Crippen LogP) is 0.421. The van der Waals surface area contributed by atoms with Gasteiger partial charge < -0.3 is 14.5 Å². The molecule has 1 saturated heterocycles. The molecule has 23 heavy (non-hydrogen) atoms. The van der Waals surface area contributed by atoms with Gasteiger partial charge >= 0.3 is 0 Å². The second-order valence-electron chi connectivity index (χ2n) is 5.81. The minimum atomic E-state index is -2.92. The number of hydrogen-bond donors (Lipinski definition) is 1. The third-order valence-electron chi connectivity index (χ3n) is 3.84. The van der Waals surface area contributed by atoms with Gasteiger partial charge in [0.05, 0.1) is 24.3 Å². The molecule has 1 aromatic rings. The van der Waals surface area contributed by atoms with Gasteiger partial charge in [0.15, 0.2) is 9.84 Å². The van der Waals surface area contributed by atoms with E-state index in [1.807, 2.05) is 17.0 Å². The van der Waals surface area contributed by atoms with Crippen LogP contribution in [0.5, 0.6) is 0 Å². The molecule has 1 aromatic heterocycles. The fourth-order valence-electron chi connectivity index (χ4n) is 2.50. The Bertz CT molecular complexity index is 585. The first-order chi connectivity index (χ1) is 11.0. The molecule has 0 aliphatic carbocycles. The smallest absolute Gasteiger partial charge is 0.234 e. The zero-order valence-electron chi connectivity index (χ0n) is 13.4. The number of carbonyl (C=O) groups excluding carboxylic acids is 1. The van der Waals surface area contributed by atoms with Crippen LogP contribution in [0.25, 0.3) is 0 Å². The maximum absolute atomic E-state index is 11.8. The zero-order chi connectivity index (χ0) is 16.7. The predicted molar refractivity (Wildman–Crippen MR) is 85.7 cm³/mol. The van der Waals surface area contributed by atoms with Crippen molar-refractivity contribution in [3.63, 3.8) is 0 Å². The molecular formula is C15H24N2O5S. The number of ether oxygens (including phenoxy) is 1. The molecule has 0 spiro atoms. The molecule has 130 valence electrons. The second-order valence-corrected chi connectivity index (χ2v) is 8.04. The Kier molecular flexibility index (Phi) is 6.61. The van der Waals surface area contributed by atoms with Gasteiger partial charge in [-0.25, -0.2) is 8.42 Å². The number of likely N-dealkylation sites (N-methyl/N-ethyl adjacent to an activating group) is 1. The van der Waals surface area contributed by atoms with Crippen LogP contribution in [0.2, 0.25) is 0 Å². The molecule has 2 rings (SSSR count). The molecule has 2 heterocycles. The number of nitrogens with one attached hydrogen (secondary N) is 1. The Balaban J connectivity index is 1.53. The molecule has 1 N–H and O–H groups in total. The van der Waals surface area contributed by atoms with Crippen LogP contribution in [0.15, 0.2) is 22.8 Å². The standard InChI is InChI=1S/C15H24N2O5S/c1-17(13-5-9-23(19,20)12-13)10-15(18)16-6-3-7-21-11-14-4-2-8-22-14/h2,4,8,13H,3,5-7,9-12H2,1H3,(H,16,18). The van der Waals surface area contributed by atoms with Crippen molar-refractivity contribution in [2.24, 2.45) is 0 Å². The van der Waals surface area contributed by atoms with Gasteiger partial charge in [0.25, 0.3) is 0 Å². The van der Waals surface area contributed by atoms with Crippen LogP contribution >= 0.6 is 0 Å². The van der Waals surface area contributed by atoms with E-state index in [2.05, 4.69) is 5.32 Å². The van der Waals surface area contributed by atoms with E-state index in [0.717, 1.165) is 5.76 Å². The highest BCUT2D eigenvalue weighted by Gasteiger charge is 2.31. The maximum atomic E-state index is 11.8. The van der Waals surface area contributed by atoms with Crippen LogP contribution in [-0.2, 0) is 26.0 Å². The summed E-state index contributed by atoms with van der Waals surface area (Å²) in [4.78, 5) is 13.6. The van der Waals surface area contributed by atoms with Crippen LogP contribution in [0, 0.1) is 0 Å². The number of carbonyl (C=O) groups is 1. The third kappa shape index (κ3) is 6.32. The summed E-state index contributed by atoms with van der Waals surface area (Å²) in [6.07, 6.45) is 2.92. The molecule has 7 nitrogen and oxygen atoms in total. The highest BCUT2D eigenvalue weighted by atomic mass is 32.2. The van der Waals surface area contributed by atoms with E-state index in [4.69, 9.17) is 9.15 Å². The largest absolute Gasteiger partial charge is 0.467 e. The van der Waals surface area contributed by atoms with E-state index in [1.165, 1.54) is 0 Å². The molecule has 0 saturated carbocycles. The van der Waals surface area contributed by atoms with Crippen molar-refractivity contribution in [3.05, 3.63) is 24.2 Å². The number of hydrogen-bond acceptors (Lipinski definition) is 6. The molecular weight excluding hydrogens is 320 g/mol. The van der Waals surface area contributed by atoms with Gasteiger partial charge in [0.1, 0.15) is 12.4 Å². The Morgan fingerprint density at radius 1 is 1.52 bits per heavy atom. The quantitative estimate of drug-likeness (QED) is 0.653. The normalized spacial score (nSPS) is 20.0. The molecule has 1 amide bonds. The number of amides is 1. The van der Waals surface area contributed by atoms with Crippen LogP contribution in [0.1, 0.15) is 18.6 Å². The van der Waals surface area contributed by atoms with E-state index < -0.39 is 9.84 Å². The van der Waals surface area contributed by atoms with Crippen molar-refractivity contribution in [1.29, 1.82) is 0 Å². The minimum absolute atomic E-state index is 0.0534. The number of nitrogens with zero attached hydrogens (tertiary/aromatic N) is 1. The lowest BCUT2D eigenvalue weighted by Crippen LogP contribution is -2.41. The van der Waals surface area contributed by atoms with E-state index in [-0.39, 0.29) is 30.0 Å². The highest BCUT2D eigenvalue weighted by Crippen LogP contribution is 2.15. The first-order valence-corrected chi connectivity index (χ1v) is 9.56. The van der Waals surface area contributed by atoms with Gasteiger partial charge in [-0.2, -0.15) is 0 Å². The summed E-state index contributed by atoms with van der Waals surface area (Å²) in [7, 11) is -1.13. The Morgan fingerprint density at radius 2 is 2.35 bits per heavy atom. The van der Waals surface area contributed by atoms with Gasteiger partial charge in [0.2, 0.25) is 5.91 Å². The van der Waals surface area contributed by atoms with Crippen molar-refractivity contribution >= 4 is 15.7 Å². The average molecular weight is 344 g/mol. The Labute approximate surface area is 136 Å². The maximum Gasteiger partial charge on any atom is 0.234 e. The van der Waals surface area contributed by atoms with E-state index >= 15 is 0 Å². The fraction of sp³-hybridized carbons (Fsp3) is 0.667. The fourth-order valence-corrected chi connectivity index (χ4v) is 4.31. The monoisotopic (exact) mass is 344 g/mol. The molecule has 1 aliphatic rings. The van der Waals surface area contributed by atoms with Crippen molar-refractivity contribution in [3.8, 4) is 0 Å². The lowest BCUT2D eigenvalue weighted by molar-refractivity contribution is -0.122. The van der Waals surface area contributed by atoms with Crippen molar-refractivity contribution < 1.29 is 22.4 Å². The summed E-state index contributed by atoms with van der Waals surface area (Å²) in [5.41, 5.74) is 0. The van der Waals surface area contributed by atoms with Crippen LogP contribution in [-0.4, -0.2) is 63.5 Å². The molecule has 8 heteroatoms. The van der Waals surface area contributed by atoms with E-state index in [1.54, 1.807) is 13.3 Å². The van der Waals surface area contributed by atoms with Gasteiger partial charge in [-0.05, 0) is 32.0 Å². The molecule has 0 radical (unpaired) electrons. The first-order valence-electron chi connectivity index (χ1n) is 7.74. The third-order valence-corrected chi connectivity index (χ3v) is 5.59. The lowest BCUT2D eigenvalue weighted by atomic mass is 10.2. The second kappa shape index (κ2) is 8.47. The number of sulfone groups is 1. The summed E-state index contributed by atoms with van der Waals surface area (Å²) in [6, 6.07) is 3.61. The van der Waals surface area contributed by atoms with Crippen molar-refractivity contribution in [2.75, 3.05) is 38.2 Å². The van der Waals surface area contributed by atoms with Gasteiger partial charge in [-0.3, -0.25) is 9.69 Å².